The van der Waals surface area contributed by atoms with Crippen LogP contribution in [-0.4, -0.2) is 17.0 Å². The molecule has 0 aliphatic carbocycles. The fourth-order valence-electron chi connectivity index (χ4n) is 1.17. The Bertz CT molecular complexity index is 289. The second-order valence-corrected chi connectivity index (χ2v) is 7.11. The molecule has 0 amide bonds. The van der Waals surface area contributed by atoms with Crippen LogP contribution >= 0.6 is 39.0 Å². The van der Waals surface area contributed by atoms with Crippen LogP contribution in [0.2, 0.25) is 0 Å². The average molecular weight is 309 g/mol. The van der Waals surface area contributed by atoms with Crippen molar-refractivity contribution in [1.82, 2.24) is 5.43 Å². The van der Waals surface area contributed by atoms with E-state index in [0.717, 1.165) is 12.2 Å². The summed E-state index contributed by atoms with van der Waals surface area (Å²) in [5.74, 6) is 6.61. The molecule has 5 heteroatoms. The highest BCUT2D eigenvalue weighted by atomic mass is 79.9. The van der Waals surface area contributed by atoms with E-state index in [2.05, 4.69) is 46.6 Å². The van der Waals surface area contributed by atoms with Gasteiger partial charge in [0.15, 0.2) is 0 Å². The van der Waals surface area contributed by atoms with Gasteiger partial charge in [0.05, 0.1) is 0 Å². The van der Waals surface area contributed by atoms with Crippen molar-refractivity contribution in [2.45, 2.75) is 31.6 Å². The molecule has 0 spiro atoms. The van der Waals surface area contributed by atoms with Gasteiger partial charge >= 0.3 is 0 Å². The quantitative estimate of drug-likeness (QED) is 0.626. The topological polar surface area (TPSA) is 38.0 Å². The summed E-state index contributed by atoms with van der Waals surface area (Å²) in [6.07, 6.45) is 0.995. The van der Waals surface area contributed by atoms with Crippen molar-refractivity contribution in [3.8, 4) is 0 Å². The standard InChI is InChI=1S/C10H17BrN2S2/c1-7(2)15-6-8(13-12)5-10-9(11)3-4-14-10/h3-4,7-8,13H,5-6,12H2,1-2H3. The van der Waals surface area contributed by atoms with Gasteiger partial charge in [-0.3, -0.25) is 11.3 Å². The molecule has 1 unspecified atom stereocenters. The molecule has 15 heavy (non-hydrogen) atoms. The van der Waals surface area contributed by atoms with E-state index in [0.29, 0.717) is 11.3 Å². The third-order valence-corrected chi connectivity index (χ3v) is 5.20. The summed E-state index contributed by atoms with van der Waals surface area (Å²) in [6, 6.07) is 2.44. The molecule has 0 bridgehead atoms. The molecule has 0 saturated carbocycles. The van der Waals surface area contributed by atoms with Gasteiger partial charge in [0.25, 0.3) is 0 Å². The molecule has 1 aromatic rings. The zero-order valence-electron chi connectivity index (χ0n) is 9.00. The van der Waals surface area contributed by atoms with Crippen molar-refractivity contribution in [2.75, 3.05) is 5.75 Å². The van der Waals surface area contributed by atoms with Gasteiger partial charge in [-0.15, -0.1) is 11.3 Å². The highest BCUT2D eigenvalue weighted by Gasteiger charge is 2.11. The second kappa shape index (κ2) is 6.91. The van der Waals surface area contributed by atoms with Crippen molar-refractivity contribution in [3.05, 3.63) is 20.8 Å². The molecule has 1 heterocycles. The Kier molecular flexibility index (Phi) is 6.23. The molecular formula is C10H17BrN2S2. The zero-order valence-corrected chi connectivity index (χ0v) is 12.2. The lowest BCUT2D eigenvalue weighted by atomic mass is 10.2. The number of nitrogens with two attached hydrogens (primary N) is 1. The number of nitrogens with one attached hydrogen (secondary N) is 1. The number of halogens is 1. The Morgan fingerprint density at radius 1 is 1.60 bits per heavy atom. The Labute approximate surface area is 108 Å². The minimum absolute atomic E-state index is 0.354. The Morgan fingerprint density at radius 3 is 2.80 bits per heavy atom. The van der Waals surface area contributed by atoms with E-state index < -0.39 is 0 Å². The summed E-state index contributed by atoms with van der Waals surface area (Å²) in [7, 11) is 0. The maximum absolute atomic E-state index is 5.55. The molecule has 0 aliphatic heterocycles. The normalized spacial score (nSPS) is 13.4. The van der Waals surface area contributed by atoms with E-state index in [1.54, 1.807) is 11.3 Å². The van der Waals surface area contributed by atoms with E-state index >= 15 is 0 Å². The fourth-order valence-corrected chi connectivity index (χ4v) is 3.60. The predicted octanol–water partition coefficient (Wildman–Crippen LogP) is 3.03. The maximum atomic E-state index is 5.55. The van der Waals surface area contributed by atoms with Crippen LogP contribution in [0.3, 0.4) is 0 Å². The molecule has 0 saturated heterocycles. The molecule has 1 atom stereocenters. The number of thioether (sulfide) groups is 1. The molecule has 0 radical (unpaired) electrons. The molecule has 1 aromatic heterocycles. The van der Waals surface area contributed by atoms with Crippen LogP contribution in [0, 0.1) is 0 Å². The number of hydrogen-bond acceptors (Lipinski definition) is 4. The van der Waals surface area contributed by atoms with E-state index in [1.807, 2.05) is 11.8 Å². The molecule has 0 fully saturated rings. The van der Waals surface area contributed by atoms with Crippen molar-refractivity contribution >= 4 is 39.0 Å². The predicted molar refractivity (Wildman–Crippen MR) is 74.4 cm³/mol. The van der Waals surface area contributed by atoms with Crippen molar-refractivity contribution in [1.29, 1.82) is 0 Å². The molecule has 1 rings (SSSR count). The molecule has 0 aliphatic rings. The molecule has 86 valence electrons. The molecular weight excluding hydrogens is 292 g/mol. The minimum Gasteiger partial charge on any atom is -0.271 e. The molecule has 3 N–H and O–H groups in total. The lowest BCUT2D eigenvalue weighted by Gasteiger charge is -2.16. The smallest absolute Gasteiger partial charge is 0.0349 e. The maximum Gasteiger partial charge on any atom is 0.0349 e. The number of hydrogen-bond donors (Lipinski definition) is 2. The highest BCUT2D eigenvalue weighted by Crippen LogP contribution is 2.24. The van der Waals surface area contributed by atoms with Gasteiger partial charge in [-0.2, -0.15) is 11.8 Å². The zero-order chi connectivity index (χ0) is 11.3. The van der Waals surface area contributed by atoms with Gasteiger partial charge in [0.2, 0.25) is 0 Å². The van der Waals surface area contributed by atoms with Gasteiger partial charge in [0.1, 0.15) is 0 Å². The first kappa shape index (κ1) is 13.5. The lowest BCUT2D eigenvalue weighted by molar-refractivity contribution is 0.578. The monoisotopic (exact) mass is 308 g/mol. The van der Waals surface area contributed by atoms with Crippen LogP contribution in [0.25, 0.3) is 0 Å². The largest absolute Gasteiger partial charge is 0.271 e. The Morgan fingerprint density at radius 2 is 2.33 bits per heavy atom. The summed E-state index contributed by atoms with van der Waals surface area (Å²) in [6.45, 7) is 4.42. The summed E-state index contributed by atoms with van der Waals surface area (Å²) < 4.78 is 1.20. The summed E-state index contributed by atoms with van der Waals surface area (Å²) >= 11 is 7.25. The Hall–Kier alpha value is 0.450. The van der Waals surface area contributed by atoms with Crippen LogP contribution in [-0.2, 0) is 6.42 Å². The van der Waals surface area contributed by atoms with Gasteiger partial charge in [-0.1, -0.05) is 13.8 Å². The van der Waals surface area contributed by atoms with E-state index in [9.17, 15) is 0 Å². The first-order valence-corrected chi connectivity index (χ1v) is 7.65. The third-order valence-electron chi connectivity index (χ3n) is 1.99. The molecule has 0 aromatic carbocycles. The highest BCUT2D eigenvalue weighted by molar-refractivity contribution is 9.10. The second-order valence-electron chi connectivity index (χ2n) is 3.64. The minimum atomic E-state index is 0.354. The summed E-state index contributed by atoms with van der Waals surface area (Å²) in [5, 5.41) is 2.76. The first-order valence-electron chi connectivity index (χ1n) is 4.93. The third kappa shape index (κ3) is 4.87. The van der Waals surface area contributed by atoms with Crippen molar-refractivity contribution < 1.29 is 0 Å². The van der Waals surface area contributed by atoms with Gasteiger partial charge in [-0.25, -0.2) is 0 Å². The SMILES string of the molecule is CC(C)SCC(Cc1sccc1Br)NN. The van der Waals surface area contributed by atoms with E-state index in [4.69, 9.17) is 5.84 Å². The Balaban J connectivity index is 2.43. The van der Waals surface area contributed by atoms with Gasteiger partial charge in [-0.05, 0) is 32.6 Å². The van der Waals surface area contributed by atoms with Gasteiger partial charge < -0.3 is 0 Å². The average Bonchev–Trinajstić information content (AvgIpc) is 2.58. The van der Waals surface area contributed by atoms with Crippen LogP contribution in [0.5, 0.6) is 0 Å². The summed E-state index contributed by atoms with van der Waals surface area (Å²) in [5.41, 5.74) is 2.89. The summed E-state index contributed by atoms with van der Waals surface area (Å²) in [4.78, 5) is 1.36. The number of rotatable bonds is 6. The lowest BCUT2D eigenvalue weighted by Crippen LogP contribution is -2.38. The van der Waals surface area contributed by atoms with Crippen LogP contribution < -0.4 is 11.3 Å². The van der Waals surface area contributed by atoms with Crippen molar-refractivity contribution in [3.63, 3.8) is 0 Å². The number of thiophene rings is 1. The molecule has 2 nitrogen and oxygen atoms in total. The van der Waals surface area contributed by atoms with Crippen LogP contribution in [0.15, 0.2) is 15.9 Å². The van der Waals surface area contributed by atoms with E-state index in [-0.39, 0.29) is 0 Å². The van der Waals surface area contributed by atoms with E-state index in [1.165, 1.54) is 9.35 Å². The first-order chi connectivity index (χ1) is 7.13. The van der Waals surface area contributed by atoms with Crippen molar-refractivity contribution in [2.24, 2.45) is 5.84 Å². The van der Waals surface area contributed by atoms with Gasteiger partial charge in [0, 0.05) is 27.6 Å². The fraction of sp³-hybridized carbons (Fsp3) is 0.600. The van der Waals surface area contributed by atoms with Crippen LogP contribution in [0.4, 0.5) is 0 Å². The number of hydrazine groups is 1. The van der Waals surface area contributed by atoms with Crippen LogP contribution in [0.1, 0.15) is 18.7 Å².